The van der Waals surface area contributed by atoms with Gasteiger partial charge in [-0.1, -0.05) is 325 Å². The van der Waals surface area contributed by atoms with E-state index in [9.17, 15) is 14.4 Å². The van der Waals surface area contributed by atoms with E-state index in [1.54, 1.807) is 0 Å². The predicted octanol–water partition coefficient (Wildman–Crippen LogP) is 25.2. The van der Waals surface area contributed by atoms with Crippen LogP contribution in [0.2, 0.25) is 0 Å². The SMILES string of the molecule is CC/C=C\C/C=C\C/C=C\C/C=C\CCCCCCCCCCCCC(=O)OC(COC(=O)CCCCCCC/C=C\CCCCCC)COC(=O)CCCCCCCCCCCCCCCCCCC/C=C\CCCCCCCCCC. The van der Waals surface area contributed by atoms with E-state index in [-0.39, 0.29) is 31.1 Å². The minimum absolute atomic E-state index is 0.0762. The van der Waals surface area contributed by atoms with Gasteiger partial charge in [-0.15, -0.1) is 0 Å². The van der Waals surface area contributed by atoms with Gasteiger partial charge in [-0.25, -0.2) is 0 Å². The molecule has 6 nitrogen and oxygen atoms in total. The van der Waals surface area contributed by atoms with E-state index < -0.39 is 6.10 Å². The fourth-order valence-corrected chi connectivity index (χ4v) is 10.7. The number of carbonyl (C=O) groups is 3. The molecular formula is C77H138O6. The van der Waals surface area contributed by atoms with E-state index in [2.05, 4.69) is 93.7 Å². The molecule has 0 aliphatic rings. The minimum Gasteiger partial charge on any atom is -0.462 e. The van der Waals surface area contributed by atoms with Crippen molar-refractivity contribution in [2.75, 3.05) is 13.2 Å². The Bertz CT molecular complexity index is 1520. The first-order valence-electron chi connectivity index (χ1n) is 36.4. The summed E-state index contributed by atoms with van der Waals surface area (Å²) in [7, 11) is 0. The van der Waals surface area contributed by atoms with Crippen LogP contribution in [-0.4, -0.2) is 37.2 Å². The Morgan fingerprint density at radius 1 is 0.253 bits per heavy atom. The van der Waals surface area contributed by atoms with Gasteiger partial charge in [-0.2, -0.15) is 0 Å². The number of ether oxygens (including phenoxy) is 3. The van der Waals surface area contributed by atoms with Gasteiger partial charge < -0.3 is 14.2 Å². The monoisotopic (exact) mass is 1160 g/mol. The van der Waals surface area contributed by atoms with Crippen molar-refractivity contribution in [1.82, 2.24) is 0 Å². The molecular weight excluding hydrogens is 1020 g/mol. The van der Waals surface area contributed by atoms with Crippen molar-refractivity contribution < 1.29 is 28.6 Å². The second kappa shape index (κ2) is 71.3. The summed E-state index contributed by atoms with van der Waals surface area (Å²) in [4.78, 5) is 38.4. The Morgan fingerprint density at radius 3 is 0.759 bits per heavy atom. The molecule has 0 heterocycles. The zero-order valence-corrected chi connectivity index (χ0v) is 55.5. The Hall–Kier alpha value is -3.15. The molecule has 0 saturated carbocycles. The van der Waals surface area contributed by atoms with Gasteiger partial charge in [0, 0.05) is 19.3 Å². The summed E-state index contributed by atoms with van der Waals surface area (Å²) in [6.07, 6.45) is 93.7. The zero-order valence-electron chi connectivity index (χ0n) is 55.5. The van der Waals surface area contributed by atoms with Crippen LogP contribution >= 0.6 is 0 Å². The highest BCUT2D eigenvalue weighted by Crippen LogP contribution is 2.18. The smallest absolute Gasteiger partial charge is 0.306 e. The summed E-state index contributed by atoms with van der Waals surface area (Å²) in [5.41, 5.74) is 0. The predicted molar refractivity (Wildman–Crippen MR) is 362 cm³/mol. The molecule has 0 aromatic carbocycles. The number of unbranched alkanes of at least 4 members (excludes halogenated alkanes) is 44. The third-order valence-electron chi connectivity index (χ3n) is 16.2. The lowest BCUT2D eigenvalue weighted by Gasteiger charge is -2.18. The molecule has 0 bridgehead atoms. The maximum absolute atomic E-state index is 13.0. The number of esters is 3. The van der Waals surface area contributed by atoms with E-state index >= 15 is 0 Å². The first-order chi connectivity index (χ1) is 41.0. The maximum atomic E-state index is 13.0. The molecule has 0 rings (SSSR count). The molecule has 6 heteroatoms. The number of hydrogen-bond acceptors (Lipinski definition) is 6. The van der Waals surface area contributed by atoms with E-state index in [1.807, 2.05) is 0 Å². The second-order valence-electron chi connectivity index (χ2n) is 24.5. The van der Waals surface area contributed by atoms with Crippen molar-refractivity contribution in [2.24, 2.45) is 0 Å². The lowest BCUT2D eigenvalue weighted by molar-refractivity contribution is -0.167. The summed E-state index contributed by atoms with van der Waals surface area (Å²) in [5, 5.41) is 0. The average molecular weight is 1160 g/mol. The molecule has 0 N–H and O–H groups in total. The van der Waals surface area contributed by atoms with Gasteiger partial charge in [0.2, 0.25) is 0 Å². The van der Waals surface area contributed by atoms with Crippen LogP contribution < -0.4 is 0 Å². The third kappa shape index (κ3) is 69.5. The highest BCUT2D eigenvalue weighted by molar-refractivity contribution is 5.71. The normalized spacial score (nSPS) is 12.5. The zero-order chi connectivity index (χ0) is 59.9. The number of carbonyl (C=O) groups excluding carboxylic acids is 3. The largest absolute Gasteiger partial charge is 0.462 e. The van der Waals surface area contributed by atoms with Crippen LogP contribution in [0.5, 0.6) is 0 Å². The standard InChI is InChI=1S/C77H138O6/c1-4-7-10-13-16-19-22-25-27-29-31-33-35-36-37-38-39-40-42-43-45-47-49-52-55-58-61-64-67-70-76(79)82-73-74(72-81-75(78)69-66-63-60-57-54-51-24-21-18-15-12-9-6-3)83-77(80)71-68-65-62-59-56-53-50-48-46-44-41-34-32-30-28-26-23-20-17-14-11-8-5-2/h8,11,17,20-21,24,26,28-29,31-32,34,74H,4-7,9-10,12-16,18-19,22-23,25,27,30,33,35-73H2,1-3H3/b11-8-,20-17-,24-21-,28-26-,31-29-,34-32-. The van der Waals surface area contributed by atoms with Crippen molar-refractivity contribution in [3.63, 3.8) is 0 Å². The first-order valence-corrected chi connectivity index (χ1v) is 36.4. The van der Waals surface area contributed by atoms with Crippen LogP contribution in [0, 0.1) is 0 Å². The van der Waals surface area contributed by atoms with Crippen LogP contribution in [0.15, 0.2) is 72.9 Å². The Labute approximate surface area is 516 Å². The Kier molecular flexibility index (Phi) is 68.6. The van der Waals surface area contributed by atoms with Crippen molar-refractivity contribution in [2.45, 2.75) is 386 Å². The van der Waals surface area contributed by atoms with Crippen molar-refractivity contribution >= 4 is 17.9 Å². The van der Waals surface area contributed by atoms with Gasteiger partial charge in [-0.05, 0) is 109 Å². The molecule has 0 radical (unpaired) electrons. The highest BCUT2D eigenvalue weighted by atomic mass is 16.6. The fraction of sp³-hybridized carbons (Fsp3) is 0.805. The summed E-state index contributed by atoms with van der Waals surface area (Å²) in [6.45, 7) is 6.56. The van der Waals surface area contributed by atoms with Crippen molar-refractivity contribution in [3.8, 4) is 0 Å². The summed E-state index contributed by atoms with van der Waals surface area (Å²) in [6, 6.07) is 0. The summed E-state index contributed by atoms with van der Waals surface area (Å²) < 4.78 is 17.0. The summed E-state index contributed by atoms with van der Waals surface area (Å²) in [5.74, 6) is -0.868. The third-order valence-corrected chi connectivity index (χ3v) is 16.2. The molecule has 0 aliphatic heterocycles. The van der Waals surface area contributed by atoms with Crippen LogP contribution in [0.3, 0.4) is 0 Å². The van der Waals surface area contributed by atoms with Crippen LogP contribution in [0.25, 0.3) is 0 Å². The molecule has 0 fully saturated rings. The summed E-state index contributed by atoms with van der Waals surface area (Å²) >= 11 is 0. The van der Waals surface area contributed by atoms with Gasteiger partial charge in [0.15, 0.2) is 6.10 Å². The van der Waals surface area contributed by atoms with Gasteiger partial charge in [0.05, 0.1) is 0 Å². The second-order valence-corrected chi connectivity index (χ2v) is 24.5. The minimum atomic E-state index is -0.782. The van der Waals surface area contributed by atoms with E-state index in [0.717, 1.165) is 89.9 Å². The average Bonchev–Trinajstić information content (AvgIpc) is 3.49. The van der Waals surface area contributed by atoms with Gasteiger partial charge in [0.25, 0.3) is 0 Å². The van der Waals surface area contributed by atoms with E-state index in [1.165, 1.54) is 250 Å². The Balaban J connectivity index is 4.22. The van der Waals surface area contributed by atoms with E-state index in [4.69, 9.17) is 14.2 Å². The maximum Gasteiger partial charge on any atom is 0.306 e. The molecule has 0 spiro atoms. The van der Waals surface area contributed by atoms with Gasteiger partial charge in [0.1, 0.15) is 13.2 Å². The van der Waals surface area contributed by atoms with Crippen LogP contribution in [-0.2, 0) is 28.6 Å². The molecule has 83 heavy (non-hydrogen) atoms. The first kappa shape index (κ1) is 79.8. The molecule has 482 valence electrons. The van der Waals surface area contributed by atoms with Crippen molar-refractivity contribution in [1.29, 1.82) is 0 Å². The molecule has 0 amide bonds. The van der Waals surface area contributed by atoms with E-state index in [0.29, 0.717) is 19.3 Å². The highest BCUT2D eigenvalue weighted by Gasteiger charge is 2.19. The lowest BCUT2D eigenvalue weighted by Crippen LogP contribution is -2.30. The lowest BCUT2D eigenvalue weighted by atomic mass is 10.0. The molecule has 0 aliphatic carbocycles. The molecule has 0 aromatic heterocycles. The van der Waals surface area contributed by atoms with Crippen LogP contribution in [0.1, 0.15) is 380 Å². The number of hydrogen-bond donors (Lipinski definition) is 0. The van der Waals surface area contributed by atoms with Gasteiger partial charge >= 0.3 is 17.9 Å². The number of allylic oxidation sites excluding steroid dienone is 12. The molecule has 1 unspecified atom stereocenters. The molecule has 1 atom stereocenters. The van der Waals surface area contributed by atoms with Gasteiger partial charge in [-0.3, -0.25) is 14.4 Å². The number of rotatable bonds is 67. The van der Waals surface area contributed by atoms with Crippen LogP contribution in [0.4, 0.5) is 0 Å². The quantitative estimate of drug-likeness (QED) is 0.0261. The Morgan fingerprint density at radius 2 is 0.470 bits per heavy atom. The fourth-order valence-electron chi connectivity index (χ4n) is 10.7. The molecule has 0 aromatic rings. The molecule has 0 saturated heterocycles. The topological polar surface area (TPSA) is 78.9 Å². The van der Waals surface area contributed by atoms with Crippen molar-refractivity contribution in [3.05, 3.63) is 72.9 Å².